The maximum absolute atomic E-state index is 6.14. The second-order valence-corrected chi connectivity index (χ2v) is 13.6. The van der Waals surface area contributed by atoms with Crippen LogP contribution in [0.2, 0.25) is 0 Å². The minimum Gasteiger partial charge on any atom is -0.0654 e. The van der Waals surface area contributed by atoms with Gasteiger partial charge in [-0.25, -0.2) is 0 Å². The summed E-state index contributed by atoms with van der Waals surface area (Å²) in [4.78, 5) is 0. The quantitative estimate of drug-likeness (QED) is 0.140. The molecule has 15 heteroatoms. The van der Waals surface area contributed by atoms with Crippen molar-refractivity contribution in [3.05, 3.63) is 0 Å². The Labute approximate surface area is 251 Å². The zero-order chi connectivity index (χ0) is 22.0. The summed E-state index contributed by atoms with van der Waals surface area (Å²) in [6.45, 7) is 2.30. The molecule has 0 aliphatic heterocycles. The summed E-state index contributed by atoms with van der Waals surface area (Å²) < 4.78 is 0. The van der Waals surface area contributed by atoms with E-state index in [1.807, 2.05) is 0 Å². The van der Waals surface area contributed by atoms with Crippen LogP contribution in [0, 0.1) is 0 Å². The van der Waals surface area contributed by atoms with Crippen molar-refractivity contribution in [3.63, 3.8) is 0 Å². The van der Waals surface area contributed by atoms with Gasteiger partial charge in [-0.05, 0) is 0 Å². The molecule has 0 aliphatic rings. The van der Waals surface area contributed by atoms with E-state index in [1.165, 1.54) is 95.6 Å². The van der Waals surface area contributed by atoms with Crippen molar-refractivity contribution in [2.45, 2.75) is 96.8 Å². The fourth-order valence-electron chi connectivity index (χ4n) is 4.39. The van der Waals surface area contributed by atoms with Crippen LogP contribution < -0.4 is 59.1 Å². The van der Waals surface area contributed by atoms with E-state index in [1.54, 1.807) is 0 Å². The number of rotatable bonds is 19. The van der Waals surface area contributed by atoms with Gasteiger partial charge in [0.15, 0.2) is 0 Å². The second-order valence-electron chi connectivity index (χ2n) is 10.0. The number of hydrogen-bond acceptors (Lipinski definition) is 0. The van der Waals surface area contributed by atoms with Gasteiger partial charge in [-0.3, -0.25) is 0 Å². The van der Waals surface area contributed by atoms with Gasteiger partial charge < -0.3 is 0 Å². The molecule has 3 radical (unpaired) electrons. The summed E-state index contributed by atoms with van der Waals surface area (Å²) in [5.74, 6) is 1.98. The molecule has 0 fully saturated rings. The third-order valence-electron chi connectivity index (χ3n) is 5.98. The summed E-state index contributed by atoms with van der Waals surface area (Å²) in [5, 5.41) is 0. The van der Waals surface area contributed by atoms with Crippen LogP contribution in [0.3, 0.4) is 0 Å². The molecular formula is C16H44B12Na2S+. The molecule has 0 aromatic carbocycles. The molecule has 0 aromatic heterocycles. The Kier molecular flexibility index (Phi) is 32.7. The van der Waals surface area contributed by atoms with Crippen molar-refractivity contribution >= 4 is 92.9 Å². The van der Waals surface area contributed by atoms with Crippen molar-refractivity contribution in [3.8, 4) is 0 Å². The first-order chi connectivity index (χ1) is 13.9. The van der Waals surface area contributed by atoms with Gasteiger partial charge in [-0.2, -0.15) is 0 Å². The average Bonchev–Trinajstić information content (AvgIpc) is 2.66. The molecule has 0 atom stereocenters. The van der Waals surface area contributed by atoms with Crippen LogP contribution in [-0.2, 0) is 0 Å². The van der Waals surface area contributed by atoms with Gasteiger partial charge >= 0.3 is 222 Å². The summed E-state index contributed by atoms with van der Waals surface area (Å²) in [6, 6.07) is 5.35. The van der Waals surface area contributed by atoms with E-state index < -0.39 is 8.73 Å². The zero-order valence-electron chi connectivity index (χ0n) is 23.2. The molecule has 31 heavy (non-hydrogen) atoms. The third-order valence-corrected chi connectivity index (χ3v) is 10.8. The van der Waals surface area contributed by atoms with Gasteiger partial charge in [0.05, 0.1) is 0 Å². The average molecular weight is 435 g/mol. The molecule has 0 heterocycles. The van der Waals surface area contributed by atoms with E-state index in [0.717, 1.165) is 7.06 Å². The van der Waals surface area contributed by atoms with Crippen LogP contribution in [0.4, 0.5) is 0 Å². The van der Waals surface area contributed by atoms with Crippen molar-refractivity contribution in [1.82, 2.24) is 0 Å². The molecule has 0 bridgehead atoms. The Balaban J connectivity index is -0.00000392. The number of hydrogen-bond donors (Lipinski definition) is 0. The van der Waals surface area contributed by atoms with Gasteiger partial charge in [-0.15, -0.1) is 0 Å². The van der Waals surface area contributed by atoms with Crippen LogP contribution in [0.15, 0.2) is 0 Å². The Morgan fingerprint density at radius 3 is 1.26 bits per heavy atom. The normalized spacial score (nSPS) is 10.1. The first-order valence-corrected chi connectivity index (χ1v) is 15.1. The molecule has 0 rings (SSSR count). The van der Waals surface area contributed by atoms with E-state index in [0.29, 0.717) is 18.5 Å². The van der Waals surface area contributed by atoms with Crippen LogP contribution in [-0.4, -0.2) is 89.9 Å². The molecule has 0 N–H and O–H groups in total. The van der Waals surface area contributed by atoms with Crippen molar-refractivity contribution < 1.29 is 59.1 Å². The molecule has 0 nitrogen and oxygen atoms in total. The van der Waals surface area contributed by atoms with E-state index in [9.17, 15) is 0 Å². The molecule has 0 saturated carbocycles. The molecular weight excluding hydrogens is 390 g/mol. The van der Waals surface area contributed by atoms with Crippen molar-refractivity contribution in [2.24, 2.45) is 0 Å². The monoisotopic (exact) mass is 434 g/mol. The van der Waals surface area contributed by atoms with Crippen LogP contribution in [0.5, 0.6) is 0 Å². The molecule has 0 aliphatic carbocycles. The van der Waals surface area contributed by atoms with Crippen LogP contribution in [0.1, 0.15) is 96.8 Å². The Bertz CT molecular complexity index is 481. The molecule has 0 amide bonds. The topological polar surface area (TPSA) is 0 Å². The van der Waals surface area contributed by atoms with Gasteiger partial charge in [0.1, 0.15) is 0 Å². The molecule has 151 valence electrons. The molecule has 0 spiro atoms. The summed E-state index contributed by atoms with van der Waals surface area (Å²) >= 11 is 0. The van der Waals surface area contributed by atoms with E-state index in [2.05, 4.69) is 57.7 Å². The van der Waals surface area contributed by atoms with Gasteiger partial charge in [0.25, 0.3) is 0 Å². The number of unbranched alkanes of at least 4 members (excludes halogenated alkanes) is 13. The fourth-order valence-corrected chi connectivity index (χ4v) is 8.78. The van der Waals surface area contributed by atoms with E-state index in [-0.39, 0.29) is 59.1 Å². The smallest absolute Gasteiger partial charge is 0.0654 e. The predicted molar refractivity (Wildman–Crippen MR) is 167 cm³/mol. The summed E-state index contributed by atoms with van der Waals surface area (Å²) in [5.41, 5.74) is 0. The maximum atomic E-state index is 6.14. The first kappa shape index (κ1) is 38.7. The standard InChI is InChI=1S/C16H44B12S.2Na/c1-2-3-4-5-6-7-8-9-10-11-12-13-14-15-16-29(24-26(18)19,25-27(20)21)28(22)23-17;;/h23H,2-16,18-22H2,1H3;;/q-1;2*+1/i17-1,18-1,19-1,20-1,21-1,22-1,23-1,24-1,25-1,26-1,27-1,28-1;;. The van der Waals surface area contributed by atoms with Crippen LogP contribution >= 0.6 is 8.73 Å². The predicted octanol–water partition coefficient (Wildman–Crippen LogP) is -6.84. The summed E-state index contributed by atoms with van der Waals surface area (Å²) in [6.07, 6.45) is 21.4. The van der Waals surface area contributed by atoms with Crippen molar-refractivity contribution in [1.29, 1.82) is 0 Å². The van der Waals surface area contributed by atoms with E-state index >= 15 is 0 Å². The zero-order valence-corrected chi connectivity index (χ0v) is 28.0. The van der Waals surface area contributed by atoms with E-state index in [4.69, 9.17) is 7.74 Å². The Morgan fingerprint density at radius 1 is 0.645 bits per heavy atom. The Morgan fingerprint density at radius 2 is 0.968 bits per heavy atom. The van der Waals surface area contributed by atoms with Crippen molar-refractivity contribution in [2.75, 3.05) is 5.75 Å². The summed E-state index contributed by atoms with van der Waals surface area (Å²) in [7, 11) is 17.9. The third kappa shape index (κ3) is 22.1. The fraction of sp³-hybridized carbons (Fsp3) is 1.00. The molecule has 0 saturated heterocycles. The minimum atomic E-state index is -0.815. The van der Waals surface area contributed by atoms with Crippen LogP contribution in [0.25, 0.3) is 0 Å². The van der Waals surface area contributed by atoms with Gasteiger partial charge in [-0.1, -0.05) is 32.6 Å². The molecule has 0 aromatic rings. The SMILES string of the molecule is [10B-][10BH][10B]([10BH2])S(=[10B][10B]([10BH2])[10BH2])(=[10B][10B]([10BH2])[10BH2])CCCCCCCCCCCCCCCC.[Na+].[Na+]. The second kappa shape index (κ2) is 26.2. The molecule has 0 unspecified atom stereocenters. The first-order valence-electron chi connectivity index (χ1n) is 13.1. The van der Waals surface area contributed by atoms with Gasteiger partial charge in [0.2, 0.25) is 0 Å². The van der Waals surface area contributed by atoms with Gasteiger partial charge in [0, 0.05) is 0 Å². The Hall–Kier alpha value is 3.13. The minimum absolute atomic E-state index is 0.